The second-order valence-electron chi connectivity index (χ2n) is 7.68. The highest BCUT2D eigenvalue weighted by molar-refractivity contribution is 5.77. The minimum absolute atomic E-state index is 0.145. The lowest BCUT2D eigenvalue weighted by atomic mass is 9.82. The Labute approximate surface area is 145 Å². The summed E-state index contributed by atoms with van der Waals surface area (Å²) in [7, 11) is 0. The number of hydrogen-bond donors (Lipinski definition) is 2. The first kappa shape index (κ1) is 17.4. The Hall–Kier alpha value is -1.46. The van der Waals surface area contributed by atoms with E-state index >= 15 is 0 Å². The Morgan fingerprint density at radius 1 is 1.38 bits per heavy atom. The van der Waals surface area contributed by atoms with Gasteiger partial charge in [-0.05, 0) is 57.8 Å². The zero-order chi connectivity index (χ0) is 17.0. The number of carbonyl (C=O) groups excluding carboxylic acids is 1. The first-order chi connectivity index (χ1) is 11.6. The van der Waals surface area contributed by atoms with E-state index in [0.29, 0.717) is 18.4 Å². The minimum atomic E-state index is -0.145. The predicted molar refractivity (Wildman–Crippen MR) is 95.7 cm³/mol. The van der Waals surface area contributed by atoms with E-state index in [0.717, 1.165) is 51.1 Å². The van der Waals surface area contributed by atoms with Crippen molar-refractivity contribution in [3.05, 3.63) is 30.1 Å². The molecule has 0 spiro atoms. The third-order valence-electron chi connectivity index (χ3n) is 5.48. The third kappa shape index (κ3) is 4.33. The molecule has 2 fully saturated rings. The van der Waals surface area contributed by atoms with Crippen LogP contribution in [-0.2, 0) is 11.2 Å². The topological polar surface area (TPSA) is 57.3 Å². The maximum atomic E-state index is 12.6. The molecule has 1 amide bonds. The van der Waals surface area contributed by atoms with Gasteiger partial charge in [0.05, 0.1) is 0 Å². The Morgan fingerprint density at radius 3 is 2.67 bits per heavy atom. The average molecular weight is 330 g/mol. The molecular weight excluding hydrogens is 300 g/mol. The number of nitrogens with zero attached hydrogens (tertiary/aromatic N) is 2. The Balaban J connectivity index is 1.67. The van der Waals surface area contributed by atoms with E-state index in [-0.39, 0.29) is 11.4 Å². The van der Waals surface area contributed by atoms with Crippen LogP contribution in [-0.4, -0.2) is 53.6 Å². The molecule has 0 saturated carbocycles. The summed E-state index contributed by atoms with van der Waals surface area (Å²) in [4.78, 5) is 19.5. The van der Waals surface area contributed by atoms with Crippen LogP contribution in [0.4, 0.5) is 0 Å². The van der Waals surface area contributed by atoms with Crippen molar-refractivity contribution < 1.29 is 4.79 Å². The molecule has 3 heterocycles. The van der Waals surface area contributed by atoms with Crippen molar-refractivity contribution in [3.63, 3.8) is 0 Å². The van der Waals surface area contributed by atoms with Gasteiger partial charge in [0, 0.05) is 49.4 Å². The molecule has 0 aromatic carbocycles. The number of aromatic nitrogens is 1. The molecule has 1 aromatic rings. The zero-order valence-corrected chi connectivity index (χ0v) is 14.9. The number of carbonyl (C=O) groups is 1. The standard InChI is InChI=1S/C19H30N4O/c1-15(2)23-9-6-19(7-10-23,12-17-5-3-4-8-21-17)22-18(24)11-16-13-20-14-16/h3-5,8,15-16,20H,6-7,9-14H2,1-2H3,(H,22,24). The first-order valence-corrected chi connectivity index (χ1v) is 9.22. The molecule has 5 nitrogen and oxygen atoms in total. The van der Waals surface area contributed by atoms with E-state index in [1.807, 2.05) is 18.3 Å². The third-order valence-corrected chi connectivity index (χ3v) is 5.48. The molecule has 0 radical (unpaired) electrons. The lowest BCUT2D eigenvalue weighted by molar-refractivity contribution is -0.125. The predicted octanol–water partition coefficient (Wildman–Crippen LogP) is 1.59. The normalized spacial score (nSPS) is 21.5. The number of pyridine rings is 1. The number of nitrogens with one attached hydrogen (secondary N) is 2. The summed E-state index contributed by atoms with van der Waals surface area (Å²) in [5.74, 6) is 0.711. The van der Waals surface area contributed by atoms with Crippen LogP contribution in [0.5, 0.6) is 0 Å². The van der Waals surface area contributed by atoms with Gasteiger partial charge in [-0.2, -0.15) is 0 Å². The van der Waals surface area contributed by atoms with E-state index < -0.39 is 0 Å². The second kappa shape index (κ2) is 7.62. The quantitative estimate of drug-likeness (QED) is 0.832. The number of likely N-dealkylation sites (tertiary alicyclic amines) is 1. The van der Waals surface area contributed by atoms with Crippen LogP contribution in [0, 0.1) is 5.92 Å². The molecule has 0 unspecified atom stereocenters. The van der Waals surface area contributed by atoms with Crippen molar-refractivity contribution in [1.29, 1.82) is 0 Å². The molecule has 3 rings (SSSR count). The highest BCUT2D eigenvalue weighted by Gasteiger charge is 2.37. The fourth-order valence-electron chi connectivity index (χ4n) is 3.77. The van der Waals surface area contributed by atoms with Crippen LogP contribution in [0.3, 0.4) is 0 Å². The molecule has 2 saturated heterocycles. The summed E-state index contributed by atoms with van der Waals surface area (Å²) in [5, 5.41) is 6.65. The van der Waals surface area contributed by atoms with E-state index in [9.17, 15) is 4.79 Å². The SMILES string of the molecule is CC(C)N1CCC(Cc2ccccn2)(NC(=O)CC2CNC2)CC1. The van der Waals surface area contributed by atoms with Gasteiger partial charge < -0.3 is 15.5 Å². The van der Waals surface area contributed by atoms with Crippen molar-refractivity contribution in [2.75, 3.05) is 26.2 Å². The molecule has 2 aliphatic rings. The number of amides is 1. The van der Waals surface area contributed by atoms with Crippen molar-refractivity contribution in [3.8, 4) is 0 Å². The fraction of sp³-hybridized carbons (Fsp3) is 0.684. The molecular formula is C19H30N4O. The van der Waals surface area contributed by atoms with Crippen molar-refractivity contribution >= 4 is 5.91 Å². The average Bonchev–Trinajstić information content (AvgIpc) is 2.52. The van der Waals surface area contributed by atoms with Crippen LogP contribution < -0.4 is 10.6 Å². The van der Waals surface area contributed by atoms with Crippen molar-refractivity contribution in [1.82, 2.24) is 20.5 Å². The summed E-state index contributed by atoms with van der Waals surface area (Å²) in [5.41, 5.74) is 0.926. The largest absolute Gasteiger partial charge is 0.350 e. The molecule has 2 aliphatic heterocycles. The summed E-state index contributed by atoms with van der Waals surface area (Å²) in [6.45, 7) is 8.51. The Bertz CT molecular complexity index is 534. The van der Waals surface area contributed by atoms with Crippen LogP contribution in [0.2, 0.25) is 0 Å². The van der Waals surface area contributed by atoms with Gasteiger partial charge >= 0.3 is 0 Å². The van der Waals surface area contributed by atoms with Crippen LogP contribution >= 0.6 is 0 Å². The van der Waals surface area contributed by atoms with Gasteiger partial charge in [-0.1, -0.05) is 6.07 Å². The number of rotatable bonds is 6. The monoisotopic (exact) mass is 330 g/mol. The van der Waals surface area contributed by atoms with Gasteiger partial charge in [-0.3, -0.25) is 9.78 Å². The molecule has 1 aromatic heterocycles. The van der Waals surface area contributed by atoms with Gasteiger partial charge in [-0.15, -0.1) is 0 Å². The summed E-state index contributed by atoms with van der Waals surface area (Å²) in [6.07, 6.45) is 5.31. The molecule has 5 heteroatoms. The maximum Gasteiger partial charge on any atom is 0.220 e. The van der Waals surface area contributed by atoms with Gasteiger partial charge in [0.2, 0.25) is 5.91 Å². The second-order valence-corrected chi connectivity index (χ2v) is 7.68. The Kier molecular flexibility index (Phi) is 5.51. The summed E-state index contributed by atoms with van der Waals surface area (Å²) < 4.78 is 0. The number of hydrogen-bond acceptors (Lipinski definition) is 4. The van der Waals surface area contributed by atoms with Gasteiger partial charge in [-0.25, -0.2) is 0 Å². The van der Waals surface area contributed by atoms with E-state index in [4.69, 9.17) is 0 Å². The van der Waals surface area contributed by atoms with Crippen LogP contribution in [0.15, 0.2) is 24.4 Å². The fourth-order valence-corrected chi connectivity index (χ4v) is 3.77. The molecule has 0 atom stereocenters. The highest BCUT2D eigenvalue weighted by Crippen LogP contribution is 2.27. The lowest BCUT2D eigenvalue weighted by Crippen LogP contribution is -2.58. The number of piperidine rings is 1. The molecule has 24 heavy (non-hydrogen) atoms. The molecule has 0 bridgehead atoms. The van der Waals surface area contributed by atoms with Crippen molar-refractivity contribution in [2.45, 2.75) is 51.1 Å². The zero-order valence-electron chi connectivity index (χ0n) is 14.9. The first-order valence-electron chi connectivity index (χ1n) is 9.22. The lowest BCUT2D eigenvalue weighted by Gasteiger charge is -2.44. The van der Waals surface area contributed by atoms with Crippen molar-refractivity contribution in [2.24, 2.45) is 5.92 Å². The van der Waals surface area contributed by atoms with Gasteiger partial charge in [0.1, 0.15) is 0 Å². The Morgan fingerprint density at radius 2 is 2.12 bits per heavy atom. The summed E-state index contributed by atoms with van der Waals surface area (Å²) >= 11 is 0. The van der Waals surface area contributed by atoms with Crippen LogP contribution in [0.25, 0.3) is 0 Å². The minimum Gasteiger partial charge on any atom is -0.350 e. The summed E-state index contributed by atoms with van der Waals surface area (Å²) in [6, 6.07) is 6.61. The van der Waals surface area contributed by atoms with Gasteiger partial charge in [0.15, 0.2) is 0 Å². The van der Waals surface area contributed by atoms with Crippen LogP contribution in [0.1, 0.15) is 38.8 Å². The van der Waals surface area contributed by atoms with E-state index in [2.05, 4.69) is 40.4 Å². The smallest absolute Gasteiger partial charge is 0.220 e. The molecule has 2 N–H and O–H groups in total. The van der Waals surface area contributed by atoms with E-state index in [1.165, 1.54) is 0 Å². The highest BCUT2D eigenvalue weighted by atomic mass is 16.1. The molecule has 0 aliphatic carbocycles. The molecule has 132 valence electrons. The maximum absolute atomic E-state index is 12.6. The van der Waals surface area contributed by atoms with Gasteiger partial charge in [0.25, 0.3) is 0 Å². The van der Waals surface area contributed by atoms with E-state index in [1.54, 1.807) is 0 Å².